The monoisotopic (exact) mass is 373 g/mol. The molecular formula is C22H16ClN3O. The average Bonchev–Trinajstić information content (AvgIpc) is 3.12. The van der Waals surface area contributed by atoms with Crippen LogP contribution in [0.3, 0.4) is 0 Å². The lowest BCUT2D eigenvalue weighted by Crippen LogP contribution is -2.08. The summed E-state index contributed by atoms with van der Waals surface area (Å²) in [7, 11) is 0. The van der Waals surface area contributed by atoms with E-state index in [1.165, 1.54) is 6.08 Å². The number of benzene rings is 3. The predicted molar refractivity (Wildman–Crippen MR) is 111 cm³/mol. The van der Waals surface area contributed by atoms with Crippen molar-refractivity contribution in [2.45, 2.75) is 0 Å². The molecule has 1 heterocycles. The number of hydrogen-bond acceptors (Lipinski definition) is 2. The number of nitrogens with one attached hydrogen (secondary N) is 2. The molecule has 4 nitrogen and oxygen atoms in total. The SMILES string of the molecule is O=C(C=Cc1ccc(Cl)cc1)Nc1ccccc1-c1nc2ccccc2[nH]1. The molecule has 0 spiro atoms. The van der Waals surface area contributed by atoms with Gasteiger partial charge < -0.3 is 10.3 Å². The van der Waals surface area contributed by atoms with Gasteiger partial charge in [-0.15, -0.1) is 0 Å². The molecule has 5 heteroatoms. The molecule has 0 saturated carbocycles. The minimum atomic E-state index is -0.214. The molecule has 0 bridgehead atoms. The third kappa shape index (κ3) is 3.91. The highest BCUT2D eigenvalue weighted by Crippen LogP contribution is 2.27. The van der Waals surface area contributed by atoms with Crippen LogP contribution in [0.2, 0.25) is 5.02 Å². The molecule has 4 aromatic rings. The molecule has 2 N–H and O–H groups in total. The Labute approximate surface area is 161 Å². The normalized spacial score (nSPS) is 11.1. The van der Waals surface area contributed by atoms with E-state index in [4.69, 9.17) is 11.6 Å². The summed E-state index contributed by atoms with van der Waals surface area (Å²) in [6.45, 7) is 0. The van der Waals surface area contributed by atoms with E-state index in [-0.39, 0.29) is 5.91 Å². The third-order valence-electron chi connectivity index (χ3n) is 4.13. The number of anilines is 1. The van der Waals surface area contributed by atoms with E-state index in [0.717, 1.165) is 22.2 Å². The first-order valence-corrected chi connectivity index (χ1v) is 8.86. The number of aromatic nitrogens is 2. The van der Waals surface area contributed by atoms with E-state index in [0.29, 0.717) is 16.5 Å². The Morgan fingerprint density at radius 2 is 1.70 bits per heavy atom. The zero-order valence-corrected chi connectivity index (χ0v) is 15.1. The smallest absolute Gasteiger partial charge is 0.248 e. The molecule has 0 aliphatic heterocycles. The molecule has 0 aliphatic rings. The van der Waals surface area contributed by atoms with Gasteiger partial charge in [0.05, 0.1) is 16.7 Å². The fourth-order valence-electron chi connectivity index (χ4n) is 2.80. The summed E-state index contributed by atoms with van der Waals surface area (Å²) >= 11 is 5.87. The molecule has 0 unspecified atom stereocenters. The lowest BCUT2D eigenvalue weighted by atomic mass is 10.1. The summed E-state index contributed by atoms with van der Waals surface area (Å²) in [4.78, 5) is 20.3. The molecule has 0 fully saturated rings. The number of fused-ring (bicyclic) bond motifs is 1. The molecule has 0 aliphatic carbocycles. The number of halogens is 1. The number of H-pyrrole nitrogens is 1. The average molecular weight is 374 g/mol. The van der Waals surface area contributed by atoms with Crippen LogP contribution in [-0.2, 0) is 4.79 Å². The quantitative estimate of drug-likeness (QED) is 0.462. The number of carbonyl (C=O) groups excluding carboxylic acids is 1. The van der Waals surface area contributed by atoms with Crippen molar-refractivity contribution >= 4 is 40.3 Å². The highest BCUT2D eigenvalue weighted by atomic mass is 35.5. The molecule has 27 heavy (non-hydrogen) atoms. The Balaban J connectivity index is 1.57. The topological polar surface area (TPSA) is 57.8 Å². The first kappa shape index (κ1) is 17.1. The molecule has 3 aromatic carbocycles. The van der Waals surface area contributed by atoms with Crippen molar-refractivity contribution in [3.05, 3.63) is 89.5 Å². The van der Waals surface area contributed by atoms with E-state index in [1.54, 1.807) is 18.2 Å². The Hall–Kier alpha value is -3.37. The maximum Gasteiger partial charge on any atom is 0.248 e. The third-order valence-corrected chi connectivity index (χ3v) is 4.38. The Morgan fingerprint density at radius 1 is 0.963 bits per heavy atom. The van der Waals surface area contributed by atoms with E-state index >= 15 is 0 Å². The van der Waals surface area contributed by atoms with Crippen molar-refractivity contribution in [2.75, 3.05) is 5.32 Å². The van der Waals surface area contributed by atoms with Crippen molar-refractivity contribution in [1.29, 1.82) is 0 Å². The van der Waals surface area contributed by atoms with Crippen molar-refractivity contribution < 1.29 is 4.79 Å². The van der Waals surface area contributed by atoms with Crippen LogP contribution >= 0.6 is 11.6 Å². The summed E-state index contributed by atoms with van der Waals surface area (Å²) in [5.74, 6) is 0.502. The Morgan fingerprint density at radius 3 is 2.52 bits per heavy atom. The van der Waals surface area contributed by atoms with Gasteiger partial charge in [-0.05, 0) is 48.0 Å². The van der Waals surface area contributed by atoms with Crippen molar-refractivity contribution in [2.24, 2.45) is 0 Å². The second-order valence-electron chi connectivity index (χ2n) is 6.02. The van der Waals surface area contributed by atoms with Gasteiger partial charge in [-0.25, -0.2) is 4.98 Å². The lowest BCUT2D eigenvalue weighted by molar-refractivity contribution is -0.111. The van der Waals surface area contributed by atoms with Crippen molar-refractivity contribution in [1.82, 2.24) is 9.97 Å². The zero-order chi connectivity index (χ0) is 18.6. The number of carbonyl (C=O) groups is 1. The van der Waals surface area contributed by atoms with E-state index < -0.39 is 0 Å². The van der Waals surface area contributed by atoms with Crippen LogP contribution in [0.25, 0.3) is 28.5 Å². The van der Waals surface area contributed by atoms with Gasteiger partial charge in [0.1, 0.15) is 5.82 Å². The molecular weight excluding hydrogens is 358 g/mol. The number of nitrogens with zero attached hydrogens (tertiary/aromatic N) is 1. The summed E-state index contributed by atoms with van der Waals surface area (Å²) < 4.78 is 0. The van der Waals surface area contributed by atoms with Crippen LogP contribution in [0, 0.1) is 0 Å². The summed E-state index contributed by atoms with van der Waals surface area (Å²) in [6.07, 6.45) is 3.24. The largest absolute Gasteiger partial charge is 0.338 e. The highest BCUT2D eigenvalue weighted by Gasteiger charge is 2.10. The van der Waals surface area contributed by atoms with Gasteiger partial charge in [0.2, 0.25) is 5.91 Å². The van der Waals surface area contributed by atoms with Crippen LogP contribution in [0.1, 0.15) is 5.56 Å². The molecule has 0 saturated heterocycles. The van der Waals surface area contributed by atoms with Gasteiger partial charge in [-0.1, -0.05) is 48.0 Å². The van der Waals surface area contributed by atoms with Gasteiger partial charge in [-0.2, -0.15) is 0 Å². The Bertz CT molecular complexity index is 1100. The number of amides is 1. The molecule has 132 valence electrons. The van der Waals surface area contributed by atoms with E-state index in [2.05, 4.69) is 15.3 Å². The fraction of sp³-hybridized carbons (Fsp3) is 0. The van der Waals surface area contributed by atoms with Gasteiger partial charge in [0.25, 0.3) is 0 Å². The van der Waals surface area contributed by atoms with E-state index in [9.17, 15) is 4.79 Å². The summed E-state index contributed by atoms with van der Waals surface area (Å²) in [5, 5.41) is 3.59. The number of para-hydroxylation sites is 3. The first-order chi connectivity index (χ1) is 13.2. The molecule has 1 aromatic heterocycles. The van der Waals surface area contributed by atoms with Crippen LogP contribution in [-0.4, -0.2) is 15.9 Å². The van der Waals surface area contributed by atoms with Crippen LogP contribution in [0.5, 0.6) is 0 Å². The number of imidazole rings is 1. The molecule has 0 radical (unpaired) electrons. The van der Waals surface area contributed by atoms with Crippen molar-refractivity contribution in [3.63, 3.8) is 0 Å². The van der Waals surface area contributed by atoms with Crippen LogP contribution in [0.4, 0.5) is 5.69 Å². The fourth-order valence-corrected chi connectivity index (χ4v) is 2.93. The van der Waals surface area contributed by atoms with Gasteiger partial charge >= 0.3 is 0 Å². The van der Waals surface area contributed by atoms with Crippen LogP contribution < -0.4 is 5.32 Å². The lowest BCUT2D eigenvalue weighted by Gasteiger charge is -2.07. The maximum atomic E-state index is 12.4. The zero-order valence-electron chi connectivity index (χ0n) is 14.3. The molecule has 4 rings (SSSR count). The predicted octanol–water partition coefficient (Wildman–Crippen LogP) is 5.54. The van der Waals surface area contributed by atoms with Gasteiger partial charge in [0.15, 0.2) is 0 Å². The summed E-state index contributed by atoms with van der Waals surface area (Å²) in [5.41, 5.74) is 4.27. The minimum Gasteiger partial charge on any atom is -0.338 e. The van der Waals surface area contributed by atoms with Crippen molar-refractivity contribution in [3.8, 4) is 11.4 Å². The minimum absolute atomic E-state index is 0.214. The standard InChI is InChI=1S/C22H16ClN3O/c23-16-12-9-15(10-13-16)11-14-21(27)24-18-6-2-1-5-17(18)22-25-19-7-3-4-8-20(19)26-22/h1-14H,(H,24,27)(H,25,26). The maximum absolute atomic E-state index is 12.4. The molecule has 0 atom stereocenters. The molecule has 1 amide bonds. The van der Waals surface area contributed by atoms with Crippen LogP contribution in [0.15, 0.2) is 78.9 Å². The first-order valence-electron chi connectivity index (χ1n) is 8.48. The Kier molecular flexibility index (Phi) is 4.73. The highest BCUT2D eigenvalue weighted by molar-refractivity contribution is 6.30. The number of rotatable bonds is 4. The second-order valence-corrected chi connectivity index (χ2v) is 6.46. The van der Waals surface area contributed by atoms with Gasteiger partial charge in [-0.3, -0.25) is 4.79 Å². The summed E-state index contributed by atoms with van der Waals surface area (Å²) in [6, 6.07) is 22.7. The van der Waals surface area contributed by atoms with E-state index in [1.807, 2.05) is 60.7 Å². The second kappa shape index (κ2) is 7.48. The number of hydrogen-bond donors (Lipinski definition) is 2. The number of aromatic amines is 1. The van der Waals surface area contributed by atoms with Gasteiger partial charge in [0, 0.05) is 16.7 Å².